The van der Waals surface area contributed by atoms with E-state index in [1.807, 2.05) is 13.0 Å². The molecule has 0 saturated carbocycles. The first kappa shape index (κ1) is 16.9. The lowest BCUT2D eigenvalue weighted by molar-refractivity contribution is 0.389. The van der Waals surface area contributed by atoms with Crippen LogP contribution in [0.1, 0.15) is 37.6 Å². The Labute approximate surface area is 132 Å². The van der Waals surface area contributed by atoms with E-state index >= 15 is 0 Å². The van der Waals surface area contributed by atoms with Gasteiger partial charge >= 0.3 is 0 Å². The SMILES string of the molecule is CCNCc1sc(S(=O)(=O)N2CCC(C(C)C)C2)cc1C. The Kier molecular flexibility index (Phi) is 5.46. The van der Waals surface area contributed by atoms with Gasteiger partial charge in [-0.3, -0.25) is 0 Å². The topological polar surface area (TPSA) is 49.4 Å². The number of sulfonamides is 1. The fourth-order valence-corrected chi connectivity index (χ4v) is 5.90. The number of hydrogen-bond acceptors (Lipinski definition) is 4. The molecule has 6 heteroatoms. The molecule has 0 bridgehead atoms. The molecular formula is C15H26N2O2S2. The largest absolute Gasteiger partial charge is 0.312 e. The molecule has 2 rings (SSSR count). The van der Waals surface area contributed by atoms with Crippen LogP contribution in [0.25, 0.3) is 0 Å². The van der Waals surface area contributed by atoms with E-state index in [2.05, 4.69) is 26.1 Å². The third-order valence-electron chi connectivity index (χ3n) is 4.26. The van der Waals surface area contributed by atoms with Crippen molar-refractivity contribution in [2.75, 3.05) is 19.6 Å². The molecule has 120 valence electrons. The lowest BCUT2D eigenvalue weighted by atomic mass is 9.96. The van der Waals surface area contributed by atoms with Gasteiger partial charge in [0.1, 0.15) is 4.21 Å². The highest BCUT2D eigenvalue weighted by Gasteiger charge is 2.34. The van der Waals surface area contributed by atoms with Crippen LogP contribution in [0.3, 0.4) is 0 Å². The molecule has 0 radical (unpaired) electrons. The summed E-state index contributed by atoms with van der Waals surface area (Å²) in [4.78, 5) is 1.12. The van der Waals surface area contributed by atoms with Crippen molar-refractivity contribution in [3.05, 3.63) is 16.5 Å². The molecule has 1 aliphatic rings. The van der Waals surface area contributed by atoms with Crippen molar-refractivity contribution in [1.82, 2.24) is 9.62 Å². The minimum Gasteiger partial charge on any atom is -0.312 e. The van der Waals surface area contributed by atoms with Gasteiger partial charge in [0.25, 0.3) is 10.0 Å². The highest BCUT2D eigenvalue weighted by atomic mass is 32.2. The van der Waals surface area contributed by atoms with E-state index in [9.17, 15) is 8.42 Å². The van der Waals surface area contributed by atoms with Gasteiger partial charge in [-0.2, -0.15) is 4.31 Å². The van der Waals surface area contributed by atoms with Crippen molar-refractivity contribution in [2.24, 2.45) is 11.8 Å². The molecule has 1 aliphatic heterocycles. The number of aryl methyl sites for hydroxylation is 1. The first-order valence-electron chi connectivity index (χ1n) is 7.66. The van der Waals surface area contributed by atoms with Gasteiger partial charge in [0, 0.05) is 24.5 Å². The predicted octanol–water partition coefficient (Wildman–Crippen LogP) is 2.83. The van der Waals surface area contributed by atoms with Gasteiger partial charge in [0.2, 0.25) is 0 Å². The van der Waals surface area contributed by atoms with Crippen molar-refractivity contribution in [1.29, 1.82) is 0 Å². The second-order valence-corrected chi connectivity index (χ2v) is 9.41. The number of nitrogens with zero attached hydrogens (tertiary/aromatic N) is 1. The minimum absolute atomic E-state index is 0.488. The molecule has 1 unspecified atom stereocenters. The Balaban J connectivity index is 2.17. The maximum absolute atomic E-state index is 12.8. The zero-order valence-corrected chi connectivity index (χ0v) is 15.0. The molecule has 21 heavy (non-hydrogen) atoms. The molecule has 1 saturated heterocycles. The summed E-state index contributed by atoms with van der Waals surface area (Å²) in [5, 5.41) is 3.26. The van der Waals surface area contributed by atoms with E-state index in [0.717, 1.165) is 30.0 Å². The first-order valence-corrected chi connectivity index (χ1v) is 9.92. The van der Waals surface area contributed by atoms with E-state index in [-0.39, 0.29) is 0 Å². The quantitative estimate of drug-likeness (QED) is 0.872. The van der Waals surface area contributed by atoms with Gasteiger partial charge in [-0.25, -0.2) is 8.42 Å². The van der Waals surface area contributed by atoms with Crippen LogP contribution in [-0.2, 0) is 16.6 Å². The van der Waals surface area contributed by atoms with E-state index < -0.39 is 10.0 Å². The molecule has 0 spiro atoms. The van der Waals surface area contributed by atoms with Crippen molar-refractivity contribution >= 4 is 21.4 Å². The summed E-state index contributed by atoms with van der Waals surface area (Å²) in [7, 11) is -3.31. The second-order valence-electron chi connectivity index (χ2n) is 6.11. The molecule has 0 aliphatic carbocycles. The molecule has 2 heterocycles. The number of rotatable bonds is 6. The van der Waals surface area contributed by atoms with E-state index in [1.165, 1.54) is 11.3 Å². The molecule has 4 nitrogen and oxygen atoms in total. The van der Waals surface area contributed by atoms with Crippen LogP contribution in [0.5, 0.6) is 0 Å². The molecular weight excluding hydrogens is 304 g/mol. The standard InChI is InChI=1S/C15H26N2O2S2/c1-5-16-9-14-12(4)8-15(20-14)21(18,19)17-7-6-13(10-17)11(2)3/h8,11,13,16H,5-7,9-10H2,1-4H3. The predicted molar refractivity (Wildman–Crippen MR) is 88.1 cm³/mol. The number of thiophene rings is 1. The summed E-state index contributed by atoms with van der Waals surface area (Å²) in [6, 6.07) is 1.83. The maximum atomic E-state index is 12.8. The highest BCUT2D eigenvalue weighted by Crippen LogP contribution is 2.33. The van der Waals surface area contributed by atoms with Gasteiger partial charge in [-0.15, -0.1) is 11.3 Å². The van der Waals surface area contributed by atoms with Gasteiger partial charge in [0.15, 0.2) is 0 Å². The van der Waals surface area contributed by atoms with E-state index in [0.29, 0.717) is 29.1 Å². The Bertz CT molecular complexity index is 578. The van der Waals surface area contributed by atoms with Crippen LogP contribution >= 0.6 is 11.3 Å². The van der Waals surface area contributed by atoms with Gasteiger partial charge < -0.3 is 5.32 Å². The van der Waals surface area contributed by atoms with Crippen molar-refractivity contribution in [2.45, 2.75) is 44.9 Å². The lowest BCUT2D eigenvalue weighted by Gasteiger charge is -2.17. The third kappa shape index (κ3) is 3.67. The van der Waals surface area contributed by atoms with Crippen LogP contribution in [-0.4, -0.2) is 32.4 Å². The summed E-state index contributed by atoms with van der Waals surface area (Å²) in [6.45, 7) is 11.3. The summed E-state index contributed by atoms with van der Waals surface area (Å²) in [5.41, 5.74) is 1.07. The lowest BCUT2D eigenvalue weighted by Crippen LogP contribution is -2.29. The Morgan fingerprint density at radius 3 is 2.76 bits per heavy atom. The molecule has 1 fully saturated rings. The van der Waals surface area contributed by atoms with Crippen LogP contribution < -0.4 is 5.32 Å². The summed E-state index contributed by atoms with van der Waals surface area (Å²) in [5.74, 6) is 1.03. The van der Waals surface area contributed by atoms with Crippen molar-refractivity contribution in [3.8, 4) is 0 Å². The summed E-state index contributed by atoms with van der Waals surface area (Å²) < 4.78 is 27.7. The second kappa shape index (κ2) is 6.77. The third-order valence-corrected chi connectivity index (χ3v) is 7.81. The van der Waals surface area contributed by atoms with Gasteiger partial charge in [0.05, 0.1) is 0 Å². The van der Waals surface area contributed by atoms with Gasteiger partial charge in [-0.1, -0.05) is 20.8 Å². The van der Waals surface area contributed by atoms with Crippen LogP contribution in [0, 0.1) is 18.8 Å². The van der Waals surface area contributed by atoms with Crippen LogP contribution in [0.2, 0.25) is 0 Å². The Hall–Kier alpha value is -0.430. The molecule has 0 amide bonds. The smallest absolute Gasteiger partial charge is 0.252 e. The van der Waals surface area contributed by atoms with E-state index in [1.54, 1.807) is 4.31 Å². The average Bonchev–Trinajstić information content (AvgIpc) is 3.03. The Morgan fingerprint density at radius 2 is 2.19 bits per heavy atom. The zero-order valence-electron chi connectivity index (χ0n) is 13.3. The normalized spacial score (nSPS) is 20.5. The number of hydrogen-bond donors (Lipinski definition) is 1. The van der Waals surface area contributed by atoms with E-state index in [4.69, 9.17) is 0 Å². The monoisotopic (exact) mass is 330 g/mol. The van der Waals surface area contributed by atoms with Crippen molar-refractivity contribution < 1.29 is 8.42 Å². The maximum Gasteiger partial charge on any atom is 0.252 e. The van der Waals surface area contributed by atoms with Crippen LogP contribution in [0.15, 0.2) is 10.3 Å². The molecule has 0 aromatic carbocycles. The summed E-state index contributed by atoms with van der Waals surface area (Å²) >= 11 is 1.41. The molecule has 1 aromatic rings. The molecule has 1 aromatic heterocycles. The minimum atomic E-state index is -3.31. The van der Waals surface area contributed by atoms with Gasteiger partial charge in [-0.05, 0) is 43.4 Å². The molecule has 1 atom stereocenters. The fourth-order valence-electron chi connectivity index (χ4n) is 2.67. The molecule has 1 N–H and O–H groups in total. The average molecular weight is 331 g/mol. The number of nitrogens with one attached hydrogen (secondary N) is 1. The van der Waals surface area contributed by atoms with Crippen molar-refractivity contribution in [3.63, 3.8) is 0 Å². The highest BCUT2D eigenvalue weighted by molar-refractivity contribution is 7.91. The van der Waals surface area contributed by atoms with Crippen LogP contribution in [0.4, 0.5) is 0 Å². The zero-order chi connectivity index (χ0) is 15.6. The fraction of sp³-hybridized carbons (Fsp3) is 0.733. The Morgan fingerprint density at radius 1 is 1.48 bits per heavy atom. The summed E-state index contributed by atoms with van der Waals surface area (Å²) in [6.07, 6.45) is 0.978. The first-order chi connectivity index (χ1) is 9.86.